The normalized spacial score (nSPS) is 16.4. The summed E-state index contributed by atoms with van der Waals surface area (Å²) in [5, 5.41) is 1.99. The number of nitrogens with one attached hydrogen (secondary N) is 1. The minimum Gasteiger partial charge on any atom is -0.494 e. The number of unbranched alkanes of at least 4 members (excludes halogenated alkanes) is 3. The lowest BCUT2D eigenvalue weighted by Crippen LogP contribution is -2.33. The van der Waals surface area contributed by atoms with Crippen molar-refractivity contribution < 1.29 is 22.7 Å². The summed E-state index contributed by atoms with van der Waals surface area (Å²) >= 11 is 0.969. The van der Waals surface area contributed by atoms with Gasteiger partial charge >= 0.3 is 0 Å². The van der Waals surface area contributed by atoms with Crippen molar-refractivity contribution in [1.82, 2.24) is 0 Å². The molecule has 0 aromatic heterocycles. The first-order valence-electron chi connectivity index (χ1n) is 13.3. The third kappa shape index (κ3) is 7.73. The number of nitrogens with zero attached hydrogens (tertiary/aromatic N) is 2. The fraction of sp³-hybridized carbons (Fsp3) is 0.300. The summed E-state index contributed by atoms with van der Waals surface area (Å²) in [4.78, 5) is 27.6. The van der Waals surface area contributed by atoms with E-state index in [0.29, 0.717) is 18.0 Å². The zero-order chi connectivity index (χ0) is 28.5. The summed E-state index contributed by atoms with van der Waals surface area (Å²) < 4.78 is 35.9. The maximum Gasteiger partial charge on any atom is 0.284 e. The number of sulfonamides is 1. The molecule has 1 saturated heterocycles. The Morgan fingerprint density at radius 2 is 1.68 bits per heavy atom. The van der Waals surface area contributed by atoms with Crippen molar-refractivity contribution in [3.05, 3.63) is 84.4 Å². The van der Waals surface area contributed by atoms with E-state index in [9.17, 15) is 18.0 Å². The number of benzene rings is 3. The van der Waals surface area contributed by atoms with Gasteiger partial charge in [-0.1, -0.05) is 73.8 Å². The lowest BCUT2D eigenvalue weighted by Gasteiger charge is -2.16. The lowest BCUT2D eigenvalue weighted by atomic mass is 10.2. The first-order chi connectivity index (χ1) is 19.3. The van der Waals surface area contributed by atoms with Crippen molar-refractivity contribution in [2.75, 3.05) is 16.8 Å². The highest BCUT2D eigenvalue weighted by Crippen LogP contribution is 2.35. The Morgan fingerprint density at radius 3 is 2.35 bits per heavy atom. The molecule has 0 spiro atoms. The van der Waals surface area contributed by atoms with Crippen LogP contribution in [0.1, 0.15) is 44.6 Å². The molecule has 0 radical (unpaired) electrons. The third-order valence-electron chi connectivity index (χ3n) is 6.24. The largest absolute Gasteiger partial charge is 0.494 e. The minimum atomic E-state index is -4.08. The van der Waals surface area contributed by atoms with Gasteiger partial charge in [0.2, 0.25) is 11.8 Å². The highest BCUT2D eigenvalue weighted by Gasteiger charge is 2.41. The predicted molar refractivity (Wildman–Crippen MR) is 160 cm³/mol. The van der Waals surface area contributed by atoms with Crippen LogP contribution in [0, 0.1) is 6.92 Å². The maximum atomic E-state index is 13.4. The lowest BCUT2D eigenvalue weighted by molar-refractivity contribution is -0.121. The van der Waals surface area contributed by atoms with Gasteiger partial charge in [-0.25, -0.2) is 0 Å². The quantitative estimate of drug-likeness (QED) is 0.257. The van der Waals surface area contributed by atoms with Gasteiger partial charge in [-0.15, -0.1) is 4.40 Å². The molecule has 0 saturated carbocycles. The molecular weight excluding hydrogens is 546 g/mol. The van der Waals surface area contributed by atoms with E-state index in [0.717, 1.165) is 35.9 Å². The zero-order valence-corrected chi connectivity index (χ0v) is 24.2. The topological polar surface area (TPSA) is 105 Å². The summed E-state index contributed by atoms with van der Waals surface area (Å²) in [6.45, 7) is 4.67. The zero-order valence-electron chi connectivity index (χ0n) is 22.6. The number of carbonyl (C=O) groups excluding carboxylic acids is 2. The Balaban J connectivity index is 1.45. The van der Waals surface area contributed by atoms with Crippen LogP contribution in [0.25, 0.3) is 0 Å². The van der Waals surface area contributed by atoms with Gasteiger partial charge in [0.1, 0.15) is 11.0 Å². The van der Waals surface area contributed by atoms with Crippen molar-refractivity contribution in [2.24, 2.45) is 4.40 Å². The van der Waals surface area contributed by atoms with Gasteiger partial charge in [-0.05, 0) is 61.9 Å². The Labute approximate surface area is 239 Å². The van der Waals surface area contributed by atoms with Crippen LogP contribution in [-0.2, 0) is 19.6 Å². The Morgan fingerprint density at radius 1 is 0.975 bits per heavy atom. The second-order valence-corrected chi connectivity index (χ2v) is 12.2. The van der Waals surface area contributed by atoms with Crippen molar-refractivity contribution in [1.29, 1.82) is 0 Å². The fourth-order valence-electron chi connectivity index (χ4n) is 4.07. The van der Waals surface area contributed by atoms with E-state index in [-0.39, 0.29) is 22.4 Å². The van der Waals surface area contributed by atoms with Gasteiger partial charge in [0.15, 0.2) is 5.17 Å². The number of ether oxygens (including phenoxy) is 1. The van der Waals surface area contributed by atoms with Crippen LogP contribution < -0.4 is 15.0 Å². The monoisotopic (exact) mass is 579 g/mol. The van der Waals surface area contributed by atoms with Gasteiger partial charge in [-0.2, -0.15) is 8.42 Å². The number of aryl methyl sites for hydroxylation is 1. The van der Waals surface area contributed by atoms with Crippen LogP contribution in [0.15, 0.2) is 88.2 Å². The number of para-hydroxylation sites is 1. The Bertz CT molecular complexity index is 1440. The highest BCUT2D eigenvalue weighted by molar-refractivity contribution is 8.16. The van der Waals surface area contributed by atoms with E-state index in [1.807, 2.05) is 6.92 Å². The van der Waals surface area contributed by atoms with Crippen LogP contribution in [-0.4, -0.2) is 37.3 Å². The van der Waals surface area contributed by atoms with Gasteiger partial charge in [0.25, 0.3) is 10.0 Å². The SMILES string of the molecule is CCCCCCOc1ccc(NC(=O)CC2SC(=NS(=O)(=O)c3ccc(C)cc3)N(c3ccccc3)C2=O)cc1. The molecule has 10 heteroatoms. The van der Waals surface area contributed by atoms with Crippen molar-refractivity contribution in [3.63, 3.8) is 0 Å². The molecule has 1 fully saturated rings. The third-order valence-corrected chi connectivity index (χ3v) is 8.78. The van der Waals surface area contributed by atoms with Crippen LogP contribution >= 0.6 is 11.8 Å². The number of amides is 2. The molecule has 1 aliphatic rings. The number of carbonyl (C=O) groups is 2. The van der Waals surface area contributed by atoms with E-state index >= 15 is 0 Å². The summed E-state index contributed by atoms with van der Waals surface area (Å²) in [6, 6.07) is 22.1. The number of amidine groups is 1. The molecule has 2 amide bonds. The molecule has 210 valence electrons. The van der Waals surface area contributed by atoms with Gasteiger partial charge in [0.05, 0.1) is 17.2 Å². The Hall–Kier alpha value is -3.63. The van der Waals surface area contributed by atoms with Gasteiger partial charge in [0, 0.05) is 12.1 Å². The molecular formula is C30H33N3O5S2. The van der Waals surface area contributed by atoms with E-state index in [1.165, 1.54) is 29.9 Å². The summed E-state index contributed by atoms with van der Waals surface area (Å²) in [7, 11) is -4.08. The Kier molecular flexibility index (Phi) is 10.0. The van der Waals surface area contributed by atoms with E-state index in [4.69, 9.17) is 4.74 Å². The molecule has 3 aromatic carbocycles. The first-order valence-corrected chi connectivity index (χ1v) is 15.6. The second kappa shape index (κ2) is 13.6. The number of anilines is 2. The number of hydrogen-bond acceptors (Lipinski definition) is 6. The van der Waals surface area contributed by atoms with Crippen LogP contribution in [0.2, 0.25) is 0 Å². The number of hydrogen-bond donors (Lipinski definition) is 1. The van der Waals surface area contributed by atoms with Crippen molar-refractivity contribution >= 4 is 50.1 Å². The maximum absolute atomic E-state index is 13.4. The molecule has 40 heavy (non-hydrogen) atoms. The van der Waals surface area contributed by atoms with Crippen LogP contribution in [0.4, 0.5) is 11.4 Å². The molecule has 8 nitrogen and oxygen atoms in total. The summed E-state index contributed by atoms with van der Waals surface area (Å²) in [5.74, 6) is -0.0454. The van der Waals surface area contributed by atoms with E-state index in [1.54, 1.807) is 66.7 Å². The van der Waals surface area contributed by atoms with E-state index < -0.39 is 21.2 Å². The fourth-order valence-corrected chi connectivity index (χ4v) is 6.41. The van der Waals surface area contributed by atoms with Gasteiger partial charge in [-0.3, -0.25) is 14.5 Å². The molecule has 1 unspecified atom stereocenters. The predicted octanol–water partition coefficient (Wildman–Crippen LogP) is 6.18. The molecule has 1 heterocycles. The molecule has 1 aliphatic heterocycles. The number of rotatable bonds is 12. The first kappa shape index (κ1) is 29.4. The van der Waals surface area contributed by atoms with Gasteiger partial charge < -0.3 is 10.1 Å². The average molecular weight is 580 g/mol. The molecule has 3 aromatic rings. The van der Waals surface area contributed by atoms with Crippen molar-refractivity contribution in [2.45, 2.75) is 56.1 Å². The highest BCUT2D eigenvalue weighted by atomic mass is 32.2. The molecule has 1 atom stereocenters. The molecule has 1 N–H and O–H groups in total. The smallest absolute Gasteiger partial charge is 0.284 e. The minimum absolute atomic E-state index is 0.00927. The van der Waals surface area contributed by atoms with E-state index in [2.05, 4.69) is 16.6 Å². The molecule has 4 rings (SSSR count). The van der Waals surface area contributed by atoms with Crippen LogP contribution in [0.5, 0.6) is 5.75 Å². The summed E-state index contributed by atoms with van der Waals surface area (Å²) in [5.41, 5.74) is 1.97. The number of thioether (sulfide) groups is 1. The standard InChI is InChI=1S/C30H33N3O5S2/c1-3-4-5-9-20-38-25-16-14-23(15-17-25)31-28(34)21-27-29(35)33(24-10-7-6-8-11-24)30(39-27)32-40(36,37)26-18-12-22(2)13-19-26/h6-8,10-19,27H,3-5,9,20-21H2,1-2H3,(H,31,34). The van der Waals surface area contributed by atoms with Crippen LogP contribution in [0.3, 0.4) is 0 Å². The summed E-state index contributed by atoms with van der Waals surface area (Å²) in [6.07, 6.45) is 4.34. The average Bonchev–Trinajstić information content (AvgIpc) is 3.23. The second-order valence-electron chi connectivity index (χ2n) is 9.46. The molecule has 0 bridgehead atoms. The molecule has 0 aliphatic carbocycles. The van der Waals surface area contributed by atoms with Crippen molar-refractivity contribution in [3.8, 4) is 5.75 Å².